The molecule has 0 bridgehead atoms. The fourth-order valence-corrected chi connectivity index (χ4v) is 5.29. The molecule has 0 spiro atoms. The molecule has 0 aromatic heterocycles. The highest BCUT2D eigenvalue weighted by atomic mass is 16.3. The molecule has 152 valence electrons. The lowest BCUT2D eigenvalue weighted by molar-refractivity contribution is 0.327. The van der Waals surface area contributed by atoms with Crippen LogP contribution in [-0.4, -0.2) is 10.2 Å². The molecular weight excluding hydrogens is 344 g/mol. The zero-order chi connectivity index (χ0) is 20.7. The third kappa shape index (κ3) is 3.54. The Morgan fingerprint density at radius 1 is 0.643 bits per heavy atom. The lowest BCUT2D eigenvalue weighted by Gasteiger charge is -2.44. The first-order valence-corrected chi connectivity index (χ1v) is 10.6. The van der Waals surface area contributed by atoms with Crippen molar-refractivity contribution in [3.05, 3.63) is 58.7 Å². The molecule has 2 nitrogen and oxygen atoms in total. The minimum atomic E-state index is -0.180. The van der Waals surface area contributed by atoms with Crippen LogP contribution in [0.4, 0.5) is 0 Å². The highest BCUT2D eigenvalue weighted by molar-refractivity contribution is 5.57. The molecule has 0 aliphatic heterocycles. The largest absolute Gasteiger partial charge is 0.508 e. The fourth-order valence-electron chi connectivity index (χ4n) is 5.29. The van der Waals surface area contributed by atoms with Crippen LogP contribution in [0.25, 0.3) is 0 Å². The maximum atomic E-state index is 10.9. The van der Waals surface area contributed by atoms with Crippen LogP contribution in [0.1, 0.15) is 95.9 Å². The summed E-state index contributed by atoms with van der Waals surface area (Å²) in [6.07, 6.45) is 5.67. The van der Waals surface area contributed by atoms with Gasteiger partial charge in [-0.2, -0.15) is 0 Å². The highest BCUT2D eigenvalue weighted by Crippen LogP contribution is 2.53. The molecule has 0 atom stereocenters. The number of aromatic hydroxyl groups is 2. The van der Waals surface area contributed by atoms with E-state index in [0.717, 1.165) is 24.0 Å². The third-order valence-corrected chi connectivity index (χ3v) is 6.32. The van der Waals surface area contributed by atoms with Crippen molar-refractivity contribution in [3.8, 4) is 11.5 Å². The van der Waals surface area contributed by atoms with Gasteiger partial charge in [-0.05, 0) is 46.9 Å². The van der Waals surface area contributed by atoms with E-state index in [1.807, 2.05) is 24.3 Å². The van der Waals surface area contributed by atoms with Gasteiger partial charge in [-0.25, -0.2) is 0 Å². The predicted octanol–water partition coefficient (Wildman–Crippen LogP) is 6.94. The van der Waals surface area contributed by atoms with E-state index in [4.69, 9.17) is 0 Å². The molecule has 2 N–H and O–H groups in total. The number of benzene rings is 2. The van der Waals surface area contributed by atoms with Crippen LogP contribution in [0, 0.1) is 0 Å². The van der Waals surface area contributed by atoms with Crippen molar-refractivity contribution in [2.75, 3.05) is 0 Å². The van der Waals surface area contributed by atoms with E-state index in [-0.39, 0.29) is 16.2 Å². The molecule has 0 amide bonds. The van der Waals surface area contributed by atoms with Crippen molar-refractivity contribution in [2.45, 2.75) is 89.9 Å². The van der Waals surface area contributed by atoms with Crippen LogP contribution in [0.2, 0.25) is 0 Å². The van der Waals surface area contributed by atoms with Crippen LogP contribution in [0.15, 0.2) is 36.4 Å². The summed E-state index contributed by atoms with van der Waals surface area (Å²) >= 11 is 0. The smallest absolute Gasteiger partial charge is 0.119 e. The molecule has 0 saturated heterocycles. The monoisotopic (exact) mass is 380 g/mol. The summed E-state index contributed by atoms with van der Waals surface area (Å²) in [6.45, 7) is 13.1. The van der Waals surface area contributed by atoms with Gasteiger partial charge in [0.25, 0.3) is 0 Å². The van der Waals surface area contributed by atoms with Gasteiger partial charge in [-0.15, -0.1) is 0 Å². The Morgan fingerprint density at radius 2 is 1.04 bits per heavy atom. The normalized spacial score (nSPS) is 17.5. The maximum absolute atomic E-state index is 10.9. The second kappa shape index (κ2) is 7.13. The Balaban J connectivity index is 2.39. The van der Waals surface area contributed by atoms with Gasteiger partial charge in [0.05, 0.1) is 0 Å². The number of hydrogen-bond donors (Lipinski definition) is 2. The van der Waals surface area contributed by atoms with Crippen molar-refractivity contribution < 1.29 is 10.2 Å². The molecule has 2 aromatic rings. The van der Waals surface area contributed by atoms with E-state index in [1.54, 1.807) is 0 Å². The lowest BCUT2D eigenvalue weighted by atomic mass is 9.59. The summed E-state index contributed by atoms with van der Waals surface area (Å²) in [6, 6.07) is 12.0. The Morgan fingerprint density at radius 3 is 1.39 bits per heavy atom. The minimum absolute atomic E-state index is 0.163. The van der Waals surface area contributed by atoms with Crippen molar-refractivity contribution >= 4 is 0 Å². The van der Waals surface area contributed by atoms with E-state index >= 15 is 0 Å². The van der Waals surface area contributed by atoms with E-state index in [0.29, 0.717) is 11.5 Å². The number of phenols is 2. The molecule has 0 radical (unpaired) electrons. The summed E-state index contributed by atoms with van der Waals surface area (Å²) in [5.74, 6) is 0.764. The highest BCUT2D eigenvalue weighted by Gasteiger charge is 2.43. The van der Waals surface area contributed by atoms with E-state index in [9.17, 15) is 10.2 Å². The minimum Gasteiger partial charge on any atom is -0.508 e. The average Bonchev–Trinajstić information content (AvgIpc) is 2.59. The average molecular weight is 381 g/mol. The van der Waals surface area contributed by atoms with Gasteiger partial charge in [0.1, 0.15) is 11.5 Å². The summed E-state index contributed by atoms with van der Waals surface area (Å²) in [5.41, 5.74) is 4.04. The molecule has 2 aromatic carbocycles. The second-order valence-electron chi connectivity index (χ2n) is 10.5. The number of phenolic OH excluding ortho intramolecular Hbond substituents is 2. The summed E-state index contributed by atoms with van der Waals surface area (Å²) in [4.78, 5) is 0. The molecule has 1 aliphatic rings. The first kappa shape index (κ1) is 20.8. The molecule has 0 heterocycles. The van der Waals surface area contributed by atoms with E-state index in [2.05, 4.69) is 53.7 Å². The summed E-state index contributed by atoms with van der Waals surface area (Å²) in [5, 5.41) is 21.7. The second-order valence-corrected chi connectivity index (χ2v) is 10.5. The molecular formula is C26H36O2. The third-order valence-electron chi connectivity index (χ3n) is 6.32. The Bertz CT molecular complexity index is 778. The van der Waals surface area contributed by atoms with Crippen LogP contribution in [0.3, 0.4) is 0 Å². The quantitative estimate of drug-likeness (QED) is 0.592. The Hall–Kier alpha value is -1.96. The summed E-state index contributed by atoms with van der Waals surface area (Å²) < 4.78 is 0. The van der Waals surface area contributed by atoms with Crippen molar-refractivity contribution in [3.63, 3.8) is 0 Å². The first-order valence-electron chi connectivity index (χ1n) is 10.6. The Kier molecular flexibility index (Phi) is 5.29. The fraction of sp³-hybridized carbons (Fsp3) is 0.538. The molecule has 1 saturated carbocycles. The first-order chi connectivity index (χ1) is 13.0. The van der Waals surface area contributed by atoms with Crippen LogP contribution in [0.5, 0.6) is 11.5 Å². The zero-order valence-electron chi connectivity index (χ0n) is 18.4. The maximum Gasteiger partial charge on any atom is 0.119 e. The van der Waals surface area contributed by atoms with Gasteiger partial charge in [0, 0.05) is 16.5 Å². The van der Waals surface area contributed by atoms with Gasteiger partial charge in [0.15, 0.2) is 0 Å². The molecule has 1 fully saturated rings. The van der Waals surface area contributed by atoms with E-state index < -0.39 is 0 Å². The predicted molar refractivity (Wildman–Crippen MR) is 117 cm³/mol. The van der Waals surface area contributed by atoms with Gasteiger partial charge in [0.2, 0.25) is 0 Å². The van der Waals surface area contributed by atoms with E-state index in [1.165, 1.54) is 30.4 Å². The van der Waals surface area contributed by atoms with Crippen LogP contribution in [-0.2, 0) is 16.2 Å². The zero-order valence-corrected chi connectivity index (χ0v) is 18.4. The van der Waals surface area contributed by atoms with Crippen molar-refractivity contribution in [1.82, 2.24) is 0 Å². The van der Waals surface area contributed by atoms with Crippen LogP contribution < -0.4 is 0 Å². The van der Waals surface area contributed by atoms with Crippen molar-refractivity contribution in [1.29, 1.82) is 0 Å². The molecule has 3 rings (SSSR count). The standard InChI is InChI=1S/C26H36O2/c1-24(2,3)22-18(12-10-14-20(22)27)26(16-8-7-9-17-26)19-13-11-15-21(28)23(19)25(4,5)6/h10-15,27-28H,7-9,16-17H2,1-6H3. The lowest BCUT2D eigenvalue weighted by Crippen LogP contribution is -2.36. The Labute approximate surface area is 170 Å². The summed E-state index contributed by atoms with van der Waals surface area (Å²) in [7, 11) is 0. The molecule has 1 aliphatic carbocycles. The topological polar surface area (TPSA) is 40.5 Å². The van der Waals surface area contributed by atoms with Gasteiger partial charge < -0.3 is 10.2 Å². The number of hydrogen-bond acceptors (Lipinski definition) is 2. The molecule has 2 heteroatoms. The van der Waals surface area contributed by atoms with Gasteiger partial charge in [-0.1, -0.05) is 85.1 Å². The van der Waals surface area contributed by atoms with Crippen LogP contribution >= 0.6 is 0 Å². The van der Waals surface area contributed by atoms with Crippen molar-refractivity contribution in [2.24, 2.45) is 0 Å². The molecule has 0 unspecified atom stereocenters. The van der Waals surface area contributed by atoms with Gasteiger partial charge in [-0.3, -0.25) is 0 Å². The molecule has 28 heavy (non-hydrogen) atoms. The SMILES string of the molecule is CC(C)(C)c1c(O)cccc1C1(c2cccc(O)c2C(C)(C)C)CCCCC1. The van der Waals surface area contributed by atoms with Gasteiger partial charge >= 0.3 is 0 Å². The number of rotatable bonds is 2.